The summed E-state index contributed by atoms with van der Waals surface area (Å²) in [5.74, 6) is 0. The molecule has 0 atom stereocenters. The van der Waals surface area contributed by atoms with Crippen LogP contribution in [0.4, 0.5) is 0 Å². The third-order valence-electron chi connectivity index (χ3n) is 4.39. The first kappa shape index (κ1) is 25.3. The van der Waals surface area contributed by atoms with E-state index in [1.54, 1.807) is 0 Å². The second kappa shape index (κ2) is 18.4. The fourth-order valence-electron chi connectivity index (χ4n) is 2.93. The molecule has 0 aliphatic rings. The zero-order valence-corrected chi connectivity index (χ0v) is 18.9. The molecule has 0 aliphatic carbocycles. The molecule has 2 heteroatoms. The van der Waals surface area contributed by atoms with E-state index in [9.17, 15) is 0 Å². The minimum Gasteiger partial charge on any atom is -0.173 e. The molecule has 0 bridgehead atoms. The third-order valence-corrected chi connectivity index (χ3v) is 4.62. The molecule has 0 saturated carbocycles. The molecule has 0 saturated heterocycles. The summed E-state index contributed by atoms with van der Waals surface area (Å²) in [6, 6.07) is 0. The van der Waals surface area contributed by atoms with Gasteiger partial charge in [0.05, 0.1) is 0 Å². The van der Waals surface area contributed by atoms with Gasteiger partial charge in [-0.05, 0) is 6.42 Å². The van der Waals surface area contributed by atoms with Crippen molar-refractivity contribution in [2.45, 2.75) is 128 Å². The van der Waals surface area contributed by atoms with Crippen LogP contribution in [0.15, 0.2) is 0 Å². The Morgan fingerprint density at radius 2 is 0.818 bits per heavy atom. The van der Waals surface area contributed by atoms with Gasteiger partial charge in [0.2, 0.25) is 0 Å². The fourth-order valence-corrected chi connectivity index (χ4v) is 3.09. The first-order valence-electron chi connectivity index (χ1n) is 9.78. The van der Waals surface area contributed by atoms with Gasteiger partial charge >= 0.3 is 0 Å². The Hall–Kier alpha value is 1.08. The maximum atomic E-state index is 4.58. The van der Waals surface area contributed by atoms with Crippen LogP contribution in [-0.2, 0) is 0 Å². The predicted molar refractivity (Wildman–Crippen MR) is 118 cm³/mol. The van der Waals surface area contributed by atoms with E-state index in [0.29, 0.717) is 0 Å². The average molecular weight is 443 g/mol. The Morgan fingerprint density at radius 3 is 1.09 bits per heavy atom. The van der Waals surface area contributed by atoms with Gasteiger partial charge in [0, 0.05) is 4.75 Å². The van der Waals surface area contributed by atoms with Crippen molar-refractivity contribution < 1.29 is 0 Å². The summed E-state index contributed by atoms with van der Waals surface area (Å²) in [6.45, 7) is 6.74. The monoisotopic (exact) mass is 442 g/mol. The maximum absolute atomic E-state index is 4.58. The molecule has 0 nitrogen and oxygen atoms in total. The van der Waals surface area contributed by atoms with Crippen molar-refractivity contribution in [2.75, 3.05) is 0 Å². The van der Waals surface area contributed by atoms with E-state index in [1.807, 2.05) is 0 Å². The molecule has 136 valence electrons. The molecule has 0 fully saturated rings. The van der Waals surface area contributed by atoms with E-state index >= 15 is 0 Å². The highest BCUT2D eigenvalue weighted by Gasteiger charge is 2.09. The van der Waals surface area contributed by atoms with E-state index in [-0.39, 0.29) is 28.7 Å². The Morgan fingerprint density at radius 1 is 0.545 bits per heavy atom. The van der Waals surface area contributed by atoms with Gasteiger partial charge in [-0.3, -0.25) is 0 Å². The second-order valence-electron chi connectivity index (χ2n) is 7.51. The highest BCUT2D eigenvalue weighted by Crippen LogP contribution is 2.21. The van der Waals surface area contributed by atoms with Gasteiger partial charge < -0.3 is 0 Å². The van der Waals surface area contributed by atoms with Gasteiger partial charge in [-0.1, -0.05) is 117 Å². The zero-order valence-electron chi connectivity index (χ0n) is 15.7. The molecule has 0 radical (unpaired) electrons. The van der Waals surface area contributed by atoms with E-state index in [0.717, 1.165) is 0 Å². The summed E-state index contributed by atoms with van der Waals surface area (Å²) in [6.07, 6.45) is 22.9. The number of thiol groups is 1. The summed E-state index contributed by atoms with van der Waals surface area (Å²) < 4.78 is 0.233. The lowest BCUT2D eigenvalue weighted by Crippen LogP contribution is -2.09. The van der Waals surface area contributed by atoms with Gasteiger partial charge in [-0.15, -0.1) is 24.0 Å². The summed E-state index contributed by atoms with van der Waals surface area (Å²) in [4.78, 5) is 0. The molecule has 0 unspecified atom stereocenters. The van der Waals surface area contributed by atoms with E-state index < -0.39 is 0 Å². The molecule has 22 heavy (non-hydrogen) atoms. The lowest BCUT2D eigenvalue weighted by atomic mass is 10.0. The molecule has 0 aliphatic heterocycles. The van der Waals surface area contributed by atoms with E-state index in [1.165, 1.54) is 103 Å². The molecule has 0 aromatic carbocycles. The topological polar surface area (TPSA) is 0 Å². The van der Waals surface area contributed by atoms with Crippen LogP contribution in [0.2, 0.25) is 0 Å². The van der Waals surface area contributed by atoms with Crippen LogP contribution < -0.4 is 0 Å². The van der Waals surface area contributed by atoms with Gasteiger partial charge in [-0.2, -0.15) is 12.6 Å². The number of rotatable bonds is 16. The average Bonchev–Trinajstić information content (AvgIpc) is 2.42. The van der Waals surface area contributed by atoms with E-state index in [2.05, 4.69) is 33.4 Å². The van der Waals surface area contributed by atoms with Crippen molar-refractivity contribution in [3.05, 3.63) is 0 Å². The number of hydrogen-bond donors (Lipinski definition) is 1. The number of hydrogen-bond acceptors (Lipinski definition) is 1. The van der Waals surface area contributed by atoms with Gasteiger partial charge in [-0.25, -0.2) is 0 Å². The highest BCUT2D eigenvalue weighted by atomic mass is 127. The van der Waals surface area contributed by atoms with Crippen LogP contribution in [0.1, 0.15) is 124 Å². The summed E-state index contributed by atoms with van der Waals surface area (Å²) in [5, 5.41) is 0. The number of halogens is 1. The van der Waals surface area contributed by atoms with Crippen LogP contribution in [0.3, 0.4) is 0 Å². The Labute approximate surface area is 164 Å². The van der Waals surface area contributed by atoms with E-state index in [4.69, 9.17) is 0 Å². The molecule has 0 spiro atoms. The summed E-state index contributed by atoms with van der Waals surface area (Å²) in [5.41, 5.74) is 0. The van der Waals surface area contributed by atoms with Crippen LogP contribution in [0, 0.1) is 0 Å². The van der Waals surface area contributed by atoms with Gasteiger partial charge in [0.1, 0.15) is 0 Å². The summed E-state index contributed by atoms with van der Waals surface area (Å²) >= 11 is 4.58. The molecular weight excluding hydrogens is 399 g/mol. The standard InChI is InChI=1S/C20H42S.HI/c1-4-5-6-7-8-9-10-11-12-13-14-15-16-17-18-19-20(2,3)21;/h21H,4-19H2,1-3H3;1H. The van der Waals surface area contributed by atoms with Crippen LogP contribution in [-0.4, -0.2) is 4.75 Å². The molecule has 0 rings (SSSR count). The van der Waals surface area contributed by atoms with Crippen LogP contribution in [0.25, 0.3) is 0 Å². The predicted octanol–water partition coefficient (Wildman–Crippen LogP) is 8.57. The van der Waals surface area contributed by atoms with Crippen molar-refractivity contribution in [3.8, 4) is 0 Å². The Balaban J connectivity index is 0. The minimum absolute atomic E-state index is 0. The molecule has 0 heterocycles. The number of unbranched alkanes of at least 4 members (excludes halogenated alkanes) is 14. The van der Waals surface area contributed by atoms with Crippen LogP contribution in [0.5, 0.6) is 0 Å². The SMILES string of the molecule is CCCCCCCCCCCCCCCCCC(C)(C)S.I. The highest BCUT2D eigenvalue weighted by molar-refractivity contribution is 14.0. The molecule has 0 amide bonds. The second-order valence-corrected chi connectivity index (χ2v) is 8.72. The maximum Gasteiger partial charge on any atom is 0.00731 e. The lowest BCUT2D eigenvalue weighted by molar-refractivity contribution is 0.518. The fraction of sp³-hybridized carbons (Fsp3) is 1.00. The smallest absolute Gasteiger partial charge is 0.00731 e. The molecule has 0 aromatic rings. The zero-order chi connectivity index (χ0) is 15.8. The van der Waals surface area contributed by atoms with Crippen molar-refractivity contribution in [2.24, 2.45) is 0 Å². The van der Waals surface area contributed by atoms with Crippen molar-refractivity contribution >= 4 is 36.6 Å². The lowest BCUT2D eigenvalue weighted by Gasteiger charge is -2.16. The Bertz CT molecular complexity index is 198. The Kier molecular flexibility index (Phi) is 21.2. The van der Waals surface area contributed by atoms with Crippen molar-refractivity contribution in [1.29, 1.82) is 0 Å². The van der Waals surface area contributed by atoms with Crippen molar-refractivity contribution in [1.82, 2.24) is 0 Å². The summed E-state index contributed by atoms with van der Waals surface area (Å²) in [7, 11) is 0. The normalized spacial score (nSPS) is 11.5. The largest absolute Gasteiger partial charge is 0.173 e. The van der Waals surface area contributed by atoms with Gasteiger partial charge in [0.25, 0.3) is 0 Å². The third kappa shape index (κ3) is 23.3. The molecule has 0 aromatic heterocycles. The quantitative estimate of drug-likeness (QED) is 0.138. The molecular formula is C20H43IS. The molecule has 0 N–H and O–H groups in total. The minimum atomic E-state index is 0. The first-order valence-corrected chi connectivity index (χ1v) is 10.2. The van der Waals surface area contributed by atoms with Gasteiger partial charge in [0.15, 0.2) is 0 Å². The van der Waals surface area contributed by atoms with Crippen LogP contribution >= 0.6 is 36.6 Å². The van der Waals surface area contributed by atoms with Crippen molar-refractivity contribution in [3.63, 3.8) is 0 Å². The first-order chi connectivity index (χ1) is 10.1.